The zero-order chi connectivity index (χ0) is 20.5. The molecule has 1 saturated heterocycles. The summed E-state index contributed by atoms with van der Waals surface area (Å²) in [5.74, 6) is 1.77. The highest BCUT2D eigenvalue weighted by molar-refractivity contribution is 6.58. The third-order valence-corrected chi connectivity index (χ3v) is 11.4. The second-order valence-electron chi connectivity index (χ2n) is 9.76. The highest BCUT2D eigenvalue weighted by Crippen LogP contribution is 2.38. The number of hydrogen-bond donors (Lipinski definition) is 0. The first-order chi connectivity index (χ1) is 14.2. The van der Waals surface area contributed by atoms with Gasteiger partial charge in [0.25, 0.3) is 0 Å². The van der Waals surface area contributed by atoms with Crippen LogP contribution in [-0.2, 0) is 0 Å². The Bertz CT molecular complexity index is 608. The van der Waals surface area contributed by atoms with Gasteiger partial charge in [-0.3, -0.25) is 0 Å². The number of halogens is 2. The molecule has 1 saturated carbocycles. The average Bonchev–Trinajstić information content (AvgIpc) is 2.78. The first-order valence-electron chi connectivity index (χ1n) is 12.3. The lowest BCUT2D eigenvalue weighted by Gasteiger charge is -2.29. The summed E-state index contributed by atoms with van der Waals surface area (Å²) in [6.45, 7) is 2.36. The monoisotopic (exact) mass is 418 g/mol. The van der Waals surface area contributed by atoms with E-state index in [0.29, 0.717) is 11.5 Å². The smallest absolute Gasteiger partial charge is 0.158 e. The fraction of sp³-hybridized carbons (Fsp3) is 0.692. The van der Waals surface area contributed by atoms with Crippen LogP contribution < -0.4 is 0 Å². The summed E-state index contributed by atoms with van der Waals surface area (Å²) in [5, 5.41) is 0. The summed E-state index contributed by atoms with van der Waals surface area (Å²) in [5.41, 5.74) is 1.63. The second-order valence-corrected chi connectivity index (χ2v) is 13.2. The minimum atomic E-state index is -0.781. The Morgan fingerprint density at radius 2 is 1.52 bits per heavy atom. The van der Waals surface area contributed by atoms with Gasteiger partial charge in [0, 0.05) is 14.4 Å². The summed E-state index contributed by atoms with van der Waals surface area (Å²) in [7, 11) is -0.309. The lowest BCUT2D eigenvalue weighted by molar-refractivity contribution is 0.297. The molecule has 1 aliphatic heterocycles. The Balaban J connectivity index is 1.29. The number of rotatable bonds is 9. The molecule has 0 aromatic heterocycles. The van der Waals surface area contributed by atoms with Crippen LogP contribution in [0.2, 0.25) is 18.1 Å². The molecule has 1 aromatic carbocycles. The maximum Gasteiger partial charge on any atom is 0.158 e. The molecule has 0 atom stereocenters. The topological polar surface area (TPSA) is 0 Å². The summed E-state index contributed by atoms with van der Waals surface area (Å²) >= 11 is 0. The molecule has 1 heterocycles. The van der Waals surface area contributed by atoms with Gasteiger partial charge >= 0.3 is 0 Å². The minimum Gasteiger partial charge on any atom is -0.212 e. The van der Waals surface area contributed by atoms with E-state index in [9.17, 15) is 8.78 Å². The van der Waals surface area contributed by atoms with Crippen molar-refractivity contribution in [1.82, 2.24) is 0 Å². The molecule has 0 N–H and O–H groups in total. The molecule has 2 aliphatic rings. The summed E-state index contributed by atoms with van der Waals surface area (Å²) in [6.07, 6.45) is 15.5. The first kappa shape index (κ1) is 22.7. The quantitative estimate of drug-likeness (QED) is 0.277. The van der Waals surface area contributed by atoms with Gasteiger partial charge in [0.2, 0.25) is 0 Å². The van der Waals surface area contributed by atoms with Crippen molar-refractivity contribution in [1.29, 1.82) is 0 Å². The van der Waals surface area contributed by atoms with Gasteiger partial charge in [0.1, 0.15) is 6.33 Å². The van der Waals surface area contributed by atoms with E-state index >= 15 is 0 Å². The first-order valence-corrected chi connectivity index (χ1v) is 14.7. The Labute approximate surface area is 178 Å². The fourth-order valence-corrected chi connectivity index (χ4v) is 9.41. The lowest BCUT2D eigenvalue weighted by Crippen LogP contribution is -2.21. The predicted octanol–water partition coefficient (Wildman–Crippen LogP) is 8.81. The van der Waals surface area contributed by atoms with E-state index in [-0.39, 0.29) is 15.1 Å². The van der Waals surface area contributed by atoms with Crippen molar-refractivity contribution in [3.05, 3.63) is 41.7 Å². The van der Waals surface area contributed by atoms with Crippen molar-refractivity contribution in [2.75, 3.05) is 0 Å². The van der Waals surface area contributed by atoms with E-state index in [1.54, 1.807) is 43.1 Å². The van der Waals surface area contributed by atoms with Crippen LogP contribution >= 0.6 is 0 Å². The van der Waals surface area contributed by atoms with Crippen LogP contribution in [0.3, 0.4) is 0 Å². The van der Waals surface area contributed by atoms with Crippen LogP contribution in [0, 0.1) is 11.8 Å². The van der Waals surface area contributed by atoms with Gasteiger partial charge in [-0.15, -0.1) is 0 Å². The normalized spacial score (nSPS) is 28.4. The van der Waals surface area contributed by atoms with Gasteiger partial charge in [-0.05, 0) is 49.0 Å². The van der Waals surface area contributed by atoms with Gasteiger partial charge in [-0.2, -0.15) is 0 Å². The Morgan fingerprint density at radius 1 is 0.931 bits per heavy atom. The van der Waals surface area contributed by atoms with Crippen LogP contribution in [0.25, 0.3) is 5.83 Å². The summed E-state index contributed by atoms with van der Waals surface area (Å²) in [4.78, 5) is 0. The summed E-state index contributed by atoms with van der Waals surface area (Å²) < 4.78 is 25.6. The summed E-state index contributed by atoms with van der Waals surface area (Å²) in [6, 6.07) is 12.2. The highest BCUT2D eigenvalue weighted by atomic mass is 28.3. The van der Waals surface area contributed by atoms with Crippen molar-refractivity contribution in [3.8, 4) is 0 Å². The van der Waals surface area contributed by atoms with Crippen molar-refractivity contribution in [3.63, 3.8) is 0 Å². The molecule has 29 heavy (non-hydrogen) atoms. The van der Waals surface area contributed by atoms with E-state index in [0.717, 1.165) is 11.8 Å². The Kier molecular flexibility index (Phi) is 9.42. The van der Waals surface area contributed by atoms with Crippen LogP contribution in [0.1, 0.15) is 94.6 Å². The molecular formula is C26H40F2Si. The van der Waals surface area contributed by atoms with Crippen LogP contribution in [-0.4, -0.2) is 8.80 Å². The fourth-order valence-electron chi connectivity index (χ4n) is 5.85. The van der Waals surface area contributed by atoms with E-state index in [4.69, 9.17) is 0 Å². The third kappa shape index (κ3) is 7.05. The molecular weight excluding hydrogens is 378 g/mol. The predicted molar refractivity (Wildman–Crippen MR) is 124 cm³/mol. The van der Waals surface area contributed by atoms with Gasteiger partial charge in [0.15, 0.2) is 5.83 Å². The second kappa shape index (κ2) is 12.0. The van der Waals surface area contributed by atoms with Crippen molar-refractivity contribution in [2.24, 2.45) is 11.8 Å². The van der Waals surface area contributed by atoms with Gasteiger partial charge in [-0.1, -0.05) is 94.3 Å². The minimum absolute atomic E-state index is 0.0411. The SMILES string of the molecule is CCC[SiH]1CCC(CCCC[C@H]2CC[C@H](c3ccc(/C(F)=C/F)cc3)CC2)CC1. The molecule has 1 aromatic rings. The Morgan fingerprint density at radius 3 is 2.07 bits per heavy atom. The molecule has 162 valence electrons. The number of hydrogen-bond acceptors (Lipinski definition) is 0. The van der Waals surface area contributed by atoms with Crippen molar-refractivity contribution in [2.45, 2.75) is 102 Å². The number of benzene rings is 1. The largest absolute Gasteiger partial charge is 0.212 e. The standard InChI is InChI=1S/C26H40F2Si/c1-2-17-29-18-15-22(16-19-29)6-4-3-5-21-7-9-23(10-8-21)24-11-13-25(14-12-24)26(28)20-27/h11-14,20-23,29H,2-10,15-19H2,1H3/b26-20-/t21-,22?,23-,29?. The van der Waals surface area contributed by atoms with Crippen molar-refractivity contribution < 1.29 is 8.78 Å². The zero-order valence-corrected chi connectivity index (χ0v) is 19.5. The molecule has 0 amide bonds. The Hall–Kier alpha value is -0.963. The molecule has 0 spiro atoms. The number of unbranched alkanes of at least 4 members (excludes halogenated alkanes) is 1. The van der Waals surface area contributed by atoms with Gasteiger partial charge in [0.05, 0.1) is 0 Å². The maximum absolute atomic E-state index is 13.3. The van der Waals surface area contributed by atoms with E-state index in [1.807, 2.05) is 12.1 Å². The molecule has 0 bridgehead atoms. The molecule has 0 unspecified atom stereocenters. The van der Waals surface area contributed by atoms with E-state index in [2.05, 4.69) is 6.92 Å². The van der Waals surface area contributed by atoms with Crippen molar-refractivity contribution >= 4 is 14.6 Å². The average molecular weight is 419 g/mol. The molecule has 0 radical (unpaired) electrons. The zero-order valence-electron chi connectivity index (χ0n) is 18.4. The molecule has 0 nitrogen and oxygen atoms in total. The third-order valence-electron chi connectivity index (χ3n) is 7.74. The van der Waals surface area contributed by atoms with Crippen LogP contribution in [0.5, 0.6) is 0 Å². The maximum atomic E-state index is 13.3. The van der Waals surface area contributed by atoms with Gasteiger partial charge in [-0.25, -0.2) is 8.78 Å². The van der Waals surface area contributed by atoms with Crippen LogP contribution in [0.15, 0.2) is 30.6 Å². The molecule has 1 aliphatic carbocycles. The van der Waals surface area contributed by atoms with E-state index in [1.165, 1.54) is 63.4 Å². The highest BCUT2D eigenvalue weighted by Gasteiger charge is 2.23. The van der Waals surface area contributed by atoms with E-state index < -0.39 is 5.83 Å². The molecule has 3 heteroatoms. The van der Waals surface area contributed by atoms with Gasteiger partial charge < -0.3 is 0 Å². The van der Waals surface area contributed by atoms with Crippen LogP contribution in [0.4, 0.5) is 8.78 Å². The molecule has 3 rings (SSSR count). The lowest BCUT2D eigenvalue weighted by atomic mass is 9.77. The molecule has 2 fully saturated rings.